The summed E-state index contributed by atoms with van der Waals surface area (Å²) in [5, 5.41) is 3.10. The standard InChI is InChI=1S/C18H21NOS/c1-12-9-10-13(2)16(11-12)14(3)19-18(20)15-7-5-6-8-17(15)21-4/h5-11,14H,1-4H3,(H,19,20)/t14-/m1/s1. The highest BCUT2D eigenvalue weighted by Crippen LogP contribution is 2.22. The first kappa shape index (κ1) is 15.6. The maximum Gasteiger partial charge on any atom is 0.252 e. The fraction of sp³-hybridized carbons (Fsp3) is 0.278. The highest BCUT2D eigenvalue weighted by atomic mass is 32.2. The van der Waals surface area contributed by atoms with Crippen LogP contribution in [0.2, 0.25) is 0 Å². The lowest BCUT2D eigenvalue weighted by atomic mass is 10.00. The summed E-state index contributed by atoms with van der Waals surface area (Å²) in [6.45, 7) is 6.18. The Labute approximate surface area is 131 Å². The lowest BCUT2D eigenvalue weighted by Gasteiger charge is -2.18. The van der Waals surface area contributed by atoms with Gasteiger partial charge in [-0.15, -0.1) is 11.8 Å². The van der Waals surface area contributed by atoms with Crippen LogP contribution in [0.3, 0.4) is 0 Å². The van der Waals surface area contributed by atoms with E-state index in [4.69, 9.17) is 0 Å². The monoisotopic (exact) mass is 299 g/mol. The van der Waals surface area contributed by atoms with Crippen LogP contribution in [-0.2, 0) is 0 Å². The number of carbonyl (C=O) groups is 1. The number of nitrogens with one attached hydrogen (secondary N) is 1. The van der Waals surface area contributed by atoms with E-state index in [1.54, 1.807) is 11.8 Å². The zero-order valence-electron chi connectivity index (χ0n) is 12.9. The van der Waals surface area contributed by atoms with Gasteiger partial charge in [0, 0.05) is 4.90 Å². The molecule has 0 aromatic heterocycles. The lowest BCUT2D eigenvalue weighted by molar-refractivity contribution is 0.0937. The highest BCUT2D eigenvalue weighted by Gasteiger charge is 2.15. The number of carbonyl (C=O) groups excluding carboxylic acids is 1. The summed E-state index contributed by atoms with van der Waals surface area (Å²) in [4.78, 5) is 13.5. The molecule has 0 saturated carbocycles. The summed E-state index contributed by atoms with van der Waals surface area (Å²) in [7, 11) is 0. The lowest BCUT2D eigenvalue weighted by Crippen LogP contribution is -2.27. The Morgan fingerprint density at radius 2 is 1.86 bits per heavy atom. The molecule has 1 atom stereocenters. The molecule has 21 heavy (non-hydrogen) atoms. The van der Waals surface area contributed by atoms with Crippen LogP contribution in [0.4, 0.5) is 0 Å². The molecule has 2 aromatic carbocycles. The SMILES string of the molecule is CSc1ccccc1C(=O)N[C@H](C)c1cc(C)ccc1C. The molecule has 0 spiro atoms. The maximum atomic E-state index is 12.5. The van der Waals surface area contributed by atoms with Crippen molar-refractivity contribution in [3.05, 3.63) is 64.7 Å². The van der Waals surface area contributed by atoms with Crippen LogP contribution in [0.25, 0.3) is 0 Å². The molecule has 110 valence electrons. The average molecular weight is 299 g/mol. The van der Waals surface area contributed by atoms with Crippen molar-refractivity contribution in [1.82, 2.24) is 5.32 Å². The molecule has 2 rings (SSSR count). The minimum absolute atomic E-state index is 0.00712. The van der Waals surface area contributed by atoms with Crippen LogP contribution < -0.4 is 5.32 Å². The molecule has 3 heteroatoms. The van der Waals surface area contributed by atoms with Crippen molar-refractivity contribution in [2.45, 2.75) is 31.7 Å². The van der Waals surface area contributed by atoms with Crippen molar-refractivity contribution in [1.29, 1.82) is 0 Å². The van der Waals surface area contributed by atoms with E-state index < -0.39 is 0 Å². The number of rotatable bonds is 4. The predicted molar refractivity (Wildman–Crippen MR) is 90.0 cm³/mol. The van der Waals surface area contributed by atoms with Crippen LogP contribution in [0.5, 0.6) is 0 Å². The molecule has 0 heterocycles. The summed E-state index contributed by atoms with van der Waals surface area (Å²) in [6.07, 6.45) is 1.99. The Morgan fingerprint density at radius 1 is 1.14 bits per heavy atom. The summed E-state index contributed by atoms with van der Waals surface area (Å²) in [6, 6.07) is 14.0. The molecule has 0 saturated heterocycles. The Balaban J connectivity index is 2.21. The molecular weight excluding hydrogens is 278 g/mol. The number of benzene rings is 2. The van der Waals surface area contributed by atoms with Gasteiger partial charge < -0.3 is 5.32 Å². The zero-order chi connectivity index (χ0) is 15.4. The second-order valence-corrected chi connectivity index (χ2v) is 6.10. The van der Waals surface area contributed by atoms with E-state index in [-0.39, 0.29) is 11.9 Å². The Bertz CT molecular complexity index is 651. The summed E-state index contributed by atoms with van der Waals surface area (Å²) >= 11 is 1.59. The smallest absolute Gasteiger partial charge is 0.252 e. The van der Waals surface area contributed by atoms with Gasteiger partial charge in [-0.1, -0.05) is 35.9 Å². The van der Waals surface area contributed by atoms with Gasteiger partial charge in [0.1, 0.15) is 0 Å². The molecule has 0 radical (unpaired) electrons. The summed E-state index contributed by atoms with van der Waals surface area (Å²) < 4.78 is 0. The molecule has 1 amide bonds. The molecule has 1 N–H and O–H groups in total. The Kier molecular flexibility index (Phi) is 5.07. The van der Waals surface area contributed by atoms with Crippen molar-refractivity contribution in [3.63, 3.8) is 0 Å². The van der Waals surface area contributed by atoms with Gasteiger partial charge >= 0.3 is 0 Å². The van der Waals surface area contributed by atoms with Crippen molar-refractivity contribution in [2.24, 2.45) is 0 Å². The van der Waals surface area contributed by atoms with Crippen molar-refractivity contribution < 1.29 is 4.79 Å². The van der Waals surface area contributed by atoms with Gasteiger partial charge in [-0.05, 0) is 50.3 Å². The fourth-order valence-corrected chi connectivity index (χ4v) is 3.01. The van der Waals surface area contributed by atoms with E-state index in [0.717, 1.165) is 10.5 Å². The maximum absolute atomic E-state index is 12.5. The molecule has 2 aromatic rings. The van der Waals surface area contributed by atoms with Crippen LogP contribution in [0, 0.1) is 13.8 Å². The third kappa shape index (κ3) is 3.67. The van der Waals surface area contributed by atoms with E-state index in [9.17, 15) is 4.79 Å². The number of aryl methyl sites for hydroxylation is 2. The predicted octanol–water partition coefficient (Wildman–Crippen LogP) is 4.52. The quantitative estimate of drug-likeness (QED) is 0.841. The van der Waals surface area contributed by atoms with E-state index in [0.29, 0.717) is 0 Å². The van der Waals surface area contributed by atoms with Gasteiger partial charge in [0.15, 0.2) is 0 Å². The topological polar surface area (TPSA) is 29.1 Å². The van der Waals surface area contributed by atoms with Crippen LogP contribution in [0.15, 0.2) is 47.4 Å². The Morgan fingerprint density at radius 3 is 2.57 bits per heavy atom. The molecule has 0 aliphatic rings. The fourth-order valence-electron chi connectivity index (χ4n) is 2.41. The van der Waals surface area contributed by atoms with Crippen LogP contribution in [-0.4, -0.2) is 12.2 Å². The molecule has 0 aliphatic carbocycles. The third-order valence-corrected chi connectivity index (χ3v) is 4.40. The minimum Gasteiger partial charge on any atom is -0.345 e. The number of hydrogen-bond acceptors (Lipinski definition) is 2. The number of amides is 1. The van der Waals surface area contributed by atoms with Gasteiger partial charge in [0.2, 0.25) is 0 Å². The van der Waals surface area contributed by atoms with E-state index in [2.05, 4.69) is 37.4 Å². The van der Waals surface area contributed by atoms with Crippen LogP contribution >= 0.6 is 11.8 Å². The third-order valence-electron chi connectivity index (χ3n) is 3.60. The van der Waals surface area contributed by atoms with Crippen LogP contribution in [0.1, 0.15) is 40.0 Å². The molecule has 0 unspecified atom stereocenters. The zero-order valence-corrected chi connectivity index (χ0v) is 13.8. The molecule has 0 aliphatic heterocycles. The summed E-state index contributed by atoms with van der Waals surface area (Å²) in [5.74, 6) is -0.0200. The second kappa shape index (κ2) is 6.81. The van der Waals surface area contributed by atoms with Gasteiger partial charge in [-0.2, -0.15) is 0 Å². The van der Waals surface area contributed by atoms with Crippen molar-refractivity contribution >= 4 is 17.7 Å². The van der Waals surface area contributed by atoms with E-state index in [1.165, 1.54) is 16.7 Å². The van der Waals surface area contributed by atoms with Crippen molar-refractivity contribution in [2.75, 3.05) is 6.26 Å². The van der Waals surface area contributed by atoms with Gasteiger partial charge in [-0.3, -0.25) is 4.79 Å². The van der Waals surface area contributed by atoms with Crippen molar-refractivity contribution in [3.8, 4) is 0 Å². The Hall–Kier alpha value is -1.74. The normalized spacial score (nSPS) is 12.0. The number of thioether (sulfide) groups is 1. The minimum atomic E-state index is -0.0200. The number of hydrogen-bond donors (Lipinski definition) is 1. The molecule has 0 fully saturated rings. The molecule has 0 bridgehead atoms. The van der Waals surface area contributed by atoms with Gasteiger partial charge in [0.25, 0.3) is 5.91 Å². The van der Waals surface area contributed by atoms with E-state index >= 15 is 0 Å². The van der Waals surface area contributed by atoms with Gasteiger partial charge in [-0.25, -0.2) is 0 Å². The van der Waals surface area contributed by atoms with Gasteiger partial charge in [0.05, 0.1) is 11.6 Å². The van der Waals surface area contributed by atoms with E-state index in [1.807, 2.05) is 37.4 Å². The first-order chi connectivity index (χ1) is 10.0. The summed E-state index contributed by atoms with van der Waals surface area (Å²) in [5.41, 5.74) is 4.32. The first-order valence-electron chi connectivity index (χ1n) is 7.04. The molecule has 2 nitrogen and oxygen atoms in total. The highest BCUT2D eigenvalue weighted by molar-refractivity contribution is 7.98. The molecular formula is C18H21NOS. The largest absolute Gasteiger partial charge is 0.345 e. The average Bonchev–Trinajstić information content (AvgIpc) is 2.49. The first-order valence-corrected chi connectivity index (χ1v) is 8.26. The second-order valence-electron chi connectivity index (χ2n) is 5.26.